The van der Waals surface area contributed by atoms with Crippen molar-refractivity contribution in [1.29, 1.82) is 0 Å². The Hall–Kier alpha value is -3.35. The fourth-order valence-electron chi connectivity index (χ4n) is 3.60. The molecule has 2 atom stereocenters. The largest absolute Gasteiger partial charge is 0.508 e. The number of phenols is 1. The average Bonchev–Trinajstić information content (AvgIpc) is 2.69. The number of aromatic nitrogens is 1. The van der Waals surface area contributed by atoms with E-state index in [9.17, 15) is 14.7 Å². The molecule has 1 aromatic carbocycles. The normalized spacial score (nSPS) is 18.9. The Morgan fingerprint density at radius 1 is 1.28 bits per heavy atom. The van der Waals surface area contributed by atoms with Crippen LogP contribution in [0.1, 0.15) is 47.3 Å². The van der Waals surface area contributed by atoms with E-state index < -0.39 is 5.91 Å². The van der Waals surface area contributed by atoms with Crippen molar-refractivity contribution in [2.45, 2.75) is 32.7 Å². The first-order valence-corrected chi connectivity index (χ1v) is 9.57. The predicted molar refractivity (Wildman–Crippen MR) is 111 cm³/mol. The molecule has 2 heterocycles. The Kier molecular flexibility index (Phi) is 5.87. The summed E-state index contributed by atoms with van der Waals surface area (Å²) in [6, 6.07) is 6.93. The topological polar surface area (TPSA) is 109 Å². The maximum absolute atomic E-state index is 13.2. The number of likely N-dealkylation sites (tertiary alicyclic amines) is 1. The van der Waals surface area contributed by atoms with Crippen molar-refractivity contribution >= 4 is 17.5 Å². The van der Waals surface area contributed by atoms with Crippen molar-refractivity contribution < 1.29 is 14.7 Å². The number of anilines is 1. The number of hydrogen-bond acceptors (Lipinski definition) is 5. The number of nitrogens with two attached hydrogens (primary N) is 1. The molecule has 152 valence electrons. The lowest BCUT2D eigenvalue weighted by Gasteiger charge is -2.39. The first-order valence-electron chi connectivity index (χ1n) is 9.57. The van der Waals surface area contributed by atoms with Crippen molar-refractivity contribution in [3.05, 3.63) is 65.6 Å². The SMILES string of the molecule is C=C(Nc1cncc(C(N)=O)c1)C(=O)N1C[C@H](C)CCC1c1ccc(C)c(O)c1. The van der Waals surface area contributed by atoms with Crippen molar-refractivity contribution in [2.24, 2.45) is 11.7 Å². The number of aromatic hydroxyl groups is 1. The summed E-state index contributed by atoms with van der Waals surface area (Å²) in [6.07, 6.45) is 4.67. The van der Waals surface area contributed by atoms with E-state index in [-0.39, 0.29) is 29.0 Å². The molecule has 0 aliphatic carbocycles. The van der Waals surface area contributed by atoms with Gasteiger partial charge in [-0.2, -0.15) is 0 Å². The van der Waals surface area contributed by atoms with E-state index in [1.54, 1.807) is 11.0 Å². The second-order valence-corrected chi connectivity index (χ2v) is 7.63. The molecule has 2 aromatic rings. The van der Waals surface area contributed by atoms with Crippen LogP contribution in [0.25, 0.3) is 0 Å². The molecule has 7 heteroatoms. The zero-order valence-electron chi connectivity index (χ0n) is 16.7. The Morgan fingerprint density at radius 2 is 2.03 bits per heavy atom. The Morgan fingerprint density at radius 3 is 2.72 bits per heavy atom. The van der Waals surface area contributed by atoms with Crippen LogP contribution in [0.5, 0.6) is 5.75 Å². The number of rotatable bonds is 5. The fourth-order valence-corrected chi connectivity index (χ4v) is 3.60. The minimum absolute atomic E-state index is 0.140. The first kappa shape index (κ1) is 20.4. The number of phenolic OH excluding ortho intramolecular Hbond substituents is 1. The first-order chi connectivity index (χ1) is 13.8. The van der Waals surface area contributed by atoms with Crippen molar-refractivity contribution in [1.82, 2.24) is 9.88 Å². The summed E-state index contributed by atoms with van der Waals surface area (Å²) >= 11 is 0. The molecule has 1 aliphatic rings. The van der Waals surface area contributed by atoms with E-state index >= 15 is 0 Å². The third kappa shape index (κ3) is 4.56. The molecule has 29 heavy (non-hydrogen) atoms. The van der Waals surface area contributed by atoms with Crippen LogP contribution in [0.2, 0.25) is 0 Å². The highest BCUT2D eigenvalue weighted by atomic mass is 16.3. The van der Waals surface area contributed by atoms with E-state index in [0.717, 1.165) is 24.0 Å². The molecule has 3 rings (SSSR count). The average molecular weight is 394 g/mol. The summed E-state index contributed by atoms with van der Waals surface area (Å²) < 4.78 is 0. The number of pyridine rings is 1. The van der Waals surface area contributed by atoms with Crippen LogP contribution in [0.3, 0.4) is 0 Å². The third-order valence-electron chi connectivity index (χ3n) is 5.27. The van der Waals surface area contributed by atoms with Crippen LogP contribution in [-0.2, 0) is 4.79 Å². The number of piperidine rings is 1. The van der Waals surface area contributed by atoms with E-state index in [1.807, 2.05) is 19.1 Å². The van der Waals surface area contributed by atoms with Gasteiger partial charge < -0.3 is 21.1 Å². The summed E-state index contributed by atoms with van der Waals surface area (Å²) in [6.45, 7) is 8.43. The molecule has 1 aromatic heterocycles. The van der Waals surface area contributed by atoms with Crippen molar-refractivity contribution in [3.63, 3.8) is 0 Å². The van der Waals surface area contributed by atoms with Gasteiger partial charge in [0.05, 0.1) is 29.2 Å². The number of hydrogen-bond donors (Lipinski definition) is 3. The molecular weight excluding hydrogens is 368 g/mol. The van der Waals surface area contributed by atoms with Crippen molar-refractivity contribution in [2.75, 3.05) is 11.9 Å². The second kappa shape index (κ2) is 8.34. The molecule has 0 saturated carbocycles. The standard InChI is InChI=1S/C22H26N4O3/c1-13-4-7-19(16-6-5-14(2)20(27)9-16)26(12-13)22(29)15(3)25-18-8-17(21(23)28)10-24-11-18/h5-6,8-11,13,19,25,27H,3-4,7,12H2,1-2H3,(H2,23,28)/t13-,19?/m1/s1. The third-order valence-corrected chi connectivity index (χ3v) is 5.27. The molecule has 0 bridgehead atoms. The van der Waals surface area contributed by atoms with Crippen LogP contribution in [0.15, 0.2) is 48.9 Å². The van der Waals surface area contributed by atoms with Gasteiger partial charge in [0, 0.05) is 12.7 Å². The number of amides is 2. The Balaban J connectivity index is 1.81. The molecule has 0 radical (unpaired) electrons. The summed E-state index contributed by atoms with van der Waals surface area (Å²) in [7, 11) is 0. The number of nitrogens with zero attached hydrogens (tertiary/aromatic N) is 2. The highest BCUT2D eigenvalue weighted by molar-refractivity contribution is 5.97. The molecule has 0 spiro atoms. The summed E-state index contributed by atoms with van der Waals surface area (Å²) in [5.41, 5.74) is 7.88. The minimum Gasteiger partial charge on any atom is -0.508 e. The minimum atomic E-state index is -0.595. The molecule has 1 saturated heterocycles. The summed E-state index contributed by atoms with van der Waals surface area (Å²) in [5.74, 6) is -0.241. The van der Waals surface area contributed by atoms with Crippen LogP contribution >= 0.6 is 0 Å². The fraction of sp³-hybridized carbons (Fsp3) is 0.318. The van der Waals surface area contributed by atoms with E-state index in [1.165, 1.54) is 18.5 Å². The molecular formula is C22H26N4O3. The van der Waals surface area contributed by atoms with E-state index in [0.29, 0.717) is 18.2 Å². The van der Waals surface area contributed by atoms with Crippen LogP contribution in [0, 0.1) is 12.8 Å². The van der Waals surface area contributed by atoms with E-state index in [4.69, 9.17) is 5.73 Å². The maximum Gasteiger partial charge on any atom is 0.270 e. The highest BCUT2D eigenvalue weighted by Gasteiger charge is 2.32. The number of carbonyl (C=O) groups excluding carboxylic acids is 2. The molecule has 1 unspecified atom stereocenters. The van der Waals surface area contributed by atoms with Crippen LogP contribution < -0.4 is 11.1 Å². The van der Waals surface area contributed by atoms with Gasteiger partial charge in [-0.3, -0.25) is 14.6 Å². The quantitative estimate of drug-likeness (QED) is 0.675. The lowest BCUT2D eigenvalue weighted by molar-refractivity contribution is -0.131. The van der Waals surface area contributed by atoms with Gasteiger partial charge in [0.25, 0.3) is 5.91 Å². The second-order valence-electron chi connectivity index (χ2n) is 7.63. The van der Waals surface area contributed by atoms with Gasteiger partial charge in [-0.15, -0.1) is 0 Å². The monoisotopic (exact) mass is 394 g/mol. The van der Waals surface area contributed by atoms with Gasteiger partial charge in [0.2, 0.25) is 5.91 Å². The summed E-state index contributed by atoms with van der Waals surface area (Å²) in [5, 5.41) is 13.0. The van der Waals surface area contributed by atoms with E-state index in [2.05, 4.69) is 23.8 Å². The number of benzene rings is 1. The van der Waals surface area contributed by atoms with Crippen LogP contribution in [-0.4, -0.2) is 33.3 Å². The Bertz CT molecular complexity index is 957. The molecule has 1 fully saturated rings. The zero-order valence-corrected chi connectivity index (χ0v) is 16.7. The number of primary amides is 1. The Labute approximate surface area is 170 Å². The maximum atomic E-state index is 13.2. The van der Waals surface area contributed by atoms with Crippen molar-refractivity contribution in [3.8, 4) is 5.75 Å². The molecule has 7 nitrogen and oxygen atoms in total. The molecule has 4 N–H and O–H groups in total. The van der Waals surface area contributed by atoms with Gasteiger partial charge in [-0.25, -0.2) is 0 Å². The number of carbonyl (C=O) groups is 2. The van der Waals surface area contributed by atoms with Crippen LogP contribution in [0.4, 0.5) is 5.69 Å². The van der Waals surface area contributed by atoms with Gasteiger partial charge >= 0.3 is 0 Å². The number of aryl methyl sites for hydroxylation is 1. The van der Waals surface area contributed by atoms with Gasteiger partial charge in [0.1, 0.15) is 5.75 Å². The van der Waals surface area contributed by atoms with Gasteiger partial charge in [-0.1, -0.05) is 25.6 Å². The lowest BCUT2D eigenvalue weighted by Crippen LogP contribution is -2.43. The smallest absolute Gasteiger partial charge is 0.270 e. The number of nitrogens with one attached hydrogen (secondary N) is 1. The van der Waals surface area contributed by atoms with Gasteiger partial charge in [-0.05, 0) is 48.9 Å². The zero-order chi connectivity index (χ0) is 21.1. The predicted octanol–water partition coefficient (Wildman–Crippen LogP) is 3.12. The summed E-state index contributed by atoms with van der Waals surface area (Å²) in [4.78, 5) is 30.3. The molecule has 1 aliphatic heterocycles. The molecule has 2 amide bonds. The van der Waals surface area contributed by atoms with Gasteiger partial charge in [0.15, 0.2) is 0 Å². The lowest BCUT2D eigenvalue weighted by atomic mass is 9.89. The highest BCUT2D eigenvalue weighted by Crippen LogP contribution is 2.36.